The number of sulfonamides is 1. The molecule has 1 aliphatic carbocycles. The van der Waals surface area contributed by atoms with Crippen molar-refractivity contribution in [2.24, 2.45) is 5.92 Å². The number of hydrogen-bond donors (Lipinski definition) is 2. The van der Waals surface area contributed by atoms with Crippen LogP contribution >= 0.6 is 11.3 Å². The maximum absolute atomic E-state index is 13.7. The van der Waals surface area contributed by atoms with Gasteiger partial charge in [-0.15, -0.1) is 11.3 Å². The highest BCUT2D eigenvalue weighted by atomic mass is 32.2. The summed E-state index contributed by atoms with van der Waals surface area (Å²) in [5, 5.41) is 6.73. The molecular formula is C21H20FN3O4S2. The molecule has 4 rings (SSSR count). The number of nitrogens with zero attached hydrogens (tertiary/aromatic N) is 1. The van der Waals surface area contributed by atoms with Crippen LogP contribution in [-0.2, 0) is 14.8 Å². The lowest BCUT2D eigenvalue weighted by Gasteiger charge is -2.07. The number of carbonyl (C=O) groups is 1. The van der Waals surface area contributed by atoms with E-state index in [2.05, 4.69) is 15.2 Å². The first kappa shape index (κ1) is 21.3. The highest BCUT2D eigenvalue weighted by molar-refractivity contribution is 7.94. The molecule has 1 aliphatic rings. The molecular weight excluding hydrogens is 441 g/mol. The second kappa shape index (κ2) is 8.27. The van der Waals surface area contributed by atoms with Crippen LogP contribution in [0, 0.1) is 25.6 Å². The van der Waals surface area contributed by atoms with Crippen LogP contribution in [0.25, 0.3) is 12.2 Å². The molecule has 0 unspecified atom stereocenters. The maximum Gasteiger partial charge on any atom is 0.271 e. The summed E-state index contributed by atoms with van der Waals surface area (Å²) in [5.41, 5.74) is 1.67. The van der Waals surface area contributed by atoms with Crippen molar-refractivity contribution in [3.63, 3.8) is 0 Å². The molecule has 162 valence electrons. The van der Waals surface area contributed by atoms with Gasteiger partial charge in [-0.05, 0) is 68.7 Å². The fourth-order valence-electron chi connectivity index (χ4n) is 2.81. The summed E-state index contributed by atoms with van der Waals surface area (Å²) in [6.07, 6.45) is 5.09. The minimum absolute atomic E-state index is 0.0469. The van der Waals surface area contributed by atoms with Crippen molar-refractivity contribution < 1.29 is 22.1 Å². The van der Waals surface area contributed by atoms with Crippen molar-refractivity contribution in [2.75, 3.05) is 10.0 Å². The average molecular weight is 462 g/mol. The van der Waals surface area contributed by atoms with Gasteiger partial charge in [0.15, 0.2) is 5.76 Å². The van der Waals surface area contributed by atoms with E-state index in [4.69, 9.17) is 4.52 Å². The van der Waals surface area contributed by atoms with Crippen LogP contribution in [0.1, 0.15) is 34.7 Å². The number of thiophene rings is 1. The number of amides is 1. The lowest BCUT2D eigenvalue weighted by Crippen LogP contribution is -2.14. The summed E-state index contributed by atoms with van der Waals surface area (Å²) in [7, 11) is -3.85. The van der Waals surface area contributed by atoms with Gasteiger partial charge in [0.2, 0.25) is 5.91 Å². The first-order valence-electron chi connectivity index (χ1n) is 9.57. The van der Waals surface area contributed by atoms with Crippen molar-refractivity contribution in [3.05, 3.63) is 58.0 Å². The Hall–Kier alpha value is -2.98. The first-order valence-corrected chi connectivity index (χ1v) is 11.9. The van der Waals surface area contributed by atoms with Crippen LogP contribution in [0.4, 0.5) is 15.8 Å². The third-order valence-corrected chi connectivity index (χ3v) is 7.70. The second-order valence-electron chi connectivity index (χ2n) is 7.33. The lowest BCUT2D eigenvalue weighted by molar-refractivity contribution is -0.117. The van der Waals surface area contributed by atoms with E-state index in [-0.39, 0.29) is 21.7 Å². The monoisotopic (exact) mass is 461 g/mol. The Morgan fingerprint density at radius 1 is 1.23 bits per heavy atom. The normalized spacial score (nSPS) is 14.2. The molecule has 0 radical (unpaired) electrons. The predicted octanol–water partition coefficient (Wildman–Crippen LogP) is 4.81. The van der Waals surface area contributed by atoms with Gasteiger partial charge < -0.3 is 9.84 Å². The van der Waals surface area contributed by atoms with E-state index in [9.17, 15) is 17.6 Å². The van der Waals surface area contributed by atoms with Gasteiger partial charge in [0, 0.05) is 10.8 Å². The Balaban J connectivity index is 1.49. The van der Waals surface area contributed by atoms with E-state index in [1.165, 1.54) is 18.2 Å². The van der Waals surface area contributed by atoms with Crippen molar-refractivity contribution >= 4 is 50.8 Å². The third kappa shape index (κ3) is 4.86. The van der Waals surface area contributed by atoms with Gasteiger partial charge in [-0.2, -0.15) is 0 Å². The number of aromatic nitrogens is 1. The second-order valence-corrected chi connectivity index (χ2v) is 10.4. The van der Waals surface area contributed by atoms with Crippen LogP contribution in [0.15, 0.2) is 39.1 Å². The van der Waals surface area contributed by atoms with Crippen LogP contribution in [-0.4, -0.2) is 19.5 Å². The molecule has 2 aromatic heterocycles. The minimum atomic E-state index is -3.85. The topological polar surface area (TPSA) is 101 Å². The summed E-state index contributed by atoms with van der Waals surface area (Å²) in [6, 6.07) is 7.28. The molecule has 1 fully saturated rings. The fraction of sp³-hybridized carbons (Fsp3) is 0.238. The first-order chi connectivity index (χ1) is 14.7. The van der Waals surface area contributed by atoms with Crippen molar-refractivity contribution in [1.29, 1.82) is 0 Å². The van der Waals surface area contributed by atoms with E-state index in [1.807, 2.05) is 0 Å². The summed E-state index contributed by atoms with van der Waals surface area (Å²) >= 11 is 1.05. The maximum atomic E-state index is 13.7. The molecule has 0 spiro atoms. The molecule has 0 bridgehead atoms. The van der Waals surface area contributed by atoms with Crippen molar-refractivity contribution in [3.8, 4) is 0 Å². The molecule has 1 amide bonds. The van der Waals surface area contributed by atoms with Gasteiger partial charge in [0.05, 0.1) is 5.69 Å². The number of nitrogens with one attached hydrogen (secondary N) is 2. The Morgan fingerprint density at radius 3 is 2.71 bits per heavy atom. The van der Waals surface area contributed by atoms with E-state index < -0.39 is 15.8 Å². The Labute approximate surface area is 183 Å². The quantitative estimate of drug-likeness (QED) is 0.526. The Kier molecular flexibility index (Phi) is 5.67. The highest BCUT2D eigenvalue weighted by Crippen LogP contribution is 2.32. The lowest BCUT2D eigenvalue weighted by atomic mass is 10.2. The summed E-state index contributed by atoms with van der Waals surface area (Å²) in [4.78, 5) is 12.7. The van der Waals surface area contributed by atoms with Crippen LogP contribution in [0.5, 0.6) is 0 Å². The molecule has 2 N–H and O–H groups in total. The SMILES string of the molecule is Cc1ccc(NS(=O)(=O)c2ccc(C=Cc3onc(C)c3NC(=O)C3CC3)s2)cc1F. The number of carbonyl (C=O) groups excluding carboxylic acids is 1. The van der Waals surface area contributed by atoms with Crippen molar-refractivity contribution in [2.45, 2.75) is 30.9 Å². The van der Waals surface area contributed by atoms with Crippen molar-refractivity contribution in [1.82, 2.24) is 5.16 Å². The van der Waals surface area contributed by atoms with E-state index >= 15 is 0 Å². The van der Waals surface area contributed by atoms with Gasteiger partial charge in [-0.1, -0.05) is 11.2 Å². The smallest absolute Gasteiger partial charge is 0.271 e. The van der Waals surface area contributed by atoms with Crippen LogP contribution in [0.3, 0.4) is 0 Å². The summed E-state index contributed by atoms with van der Waals surface area (Å²) < 4.78 is 46.7. The zero-order chi connectivity index (χ0) is 22.2. The molecule has 1 saturated carbocycles. The number of aryl methyl sites for hydroxylation is 2. The Bertz CT molecular complexity index is 1270. The highest BCUT2D eigenvalue weighted by Gasteiger charge is 2.30. The molecule has 0 atom stereocenters. The third-order valence-electron chi connectivity index (χ3n) is 4.78. The summed E-state index contributed by atoms with van der Waals surface area (Å²) in [5.74, 6) is -0.103. The number of anilines is 2. The molecule has 2 heterocycles. The number of rotatable bonds is 7. The van der Waals surface area contributed by atoms with Gasteiger partial charge in [-0.25, -0.2) is 12.8 Å². The molecule has 7 nitrogen and oxygen atoms in total. The van der Waals surface area contributed by atoms with Crippen LogP contribution in [0.2, 0.25) is 0 Å². The molecule has 1 aromatic carbocycles. The molecule has 10 heteroatoms. The van der Waals surface area contributed by atoms with Gasteiger partial charge in [0.25, 0.3) is 10.0 Å². The largest absolute Gasteiger partial charge is 0.354 e. The molecule has 0 aliphatic heterocycles. The Morgan fingerprint density at radius 2 is 2.00 bits per heavy atom. The molecule has 31 heavy (non-hydrogen) atoms. The number of hydrogen-bond acceptors (Lipinski definition) is 6. The van der Waals surface area contributed by atoms with Gasteiger partial charge >= 0.3 is 0 Å². The number of benzene rings is 1. The van der Waals surface area contributed by atoms with E-state index in [1.54, 1.807) is 32.1 Å². The molecule has 0 saturated heterocycles. The minimum Gasteiger partial charge on any atom is -0.354 e. The predicted molar refractivity (Wildman–Crippen MR) is 118 cm³/mol. The summed E-state index contributed by atoms with van der Waals surface area (Å²) in [6.45, 7) is 3.34. The average Bonchev–Trinajstić information content (AvgIpc) is 3.36. The van der Waals surface area contributed by atoms with E-state index in [0.29, 0.717) is 27.6 Å². The number of halogens is 1. The standard InChI is InChI=1S/C21H20FN3O4S2/c1-12-3-6-15(11-17(12)22)25-31(27,28)19-10-8-16(30-19)7-9-18-20(13(2)24-29-18)23-21(26)14-4-5-14/h3,6-11,14,25H,4-5H2,1-2H3,(H,23,26). The van der Waals surface area contributed by atoms with E-state index in [0.717, 1.165) is 30.2 Å². The zero-order valence-corrected chi connectivity index (χ0v) is 18.4. The van der Waals surface area contributed by atoms with Crippen LogP contribution < -0.4 is 10.0 Å². The zero-order valence-electron chi connectivity index (χ0n) is 16.8. The molecule has 3 aromatic rings. The fourth-order valence-corrected chi connectivity index (χ4v) is 5.09. The van der Waals surface area contributed by atoms with Gasteiger partial charge in [0.1, 0.15) is 21.4 Å². The van der Waals surface area contributed by atoms with Gasteiger partial charge in [-0.3, -0.25) is 9.52 Å².